The number of amides is 2. The summed E-state index contributed by atoms with van der Waals surface area (Å²) >= 11 is 0. The number of ether oxygens (including phenoxy) is 1. The summed E-state index contributed by atoms with van der Waals surface area (Å²) in [7, 11) is 0. The third-order valence-electron chi connectivity index (χ3n) is 4.83. The molecule has 128 valence electrons. The molecule has 1 saturated heterocycles. The molecule has 1 unspecified atom stereocenters. The lowest BCUT2D eigenvalue weighted by Crippen LogP contribution is -2.63. The highest BCUT2D eigenvalue weighted by molar-refractivity contribution is 5.90. The first kappa shape index (κ1) is 16.7. The molecule has 1 aromatic carbocycles. The van der Waals surface area contributed by atoms with Crippen LogP contribution in [0.1, 0.15) is 44.1 Å². The molecule has 1 atom stereocenters. The third kappa shape index (κ3) is 3.20. The minimum absolute atomic E-state index is 0.0292. The molecule has 2 amide bonds. The van der Waals surface area contributed by atoms with Gasteiger partial charge >= 0.3 is 6.03 Å². The van der Waals surface area contributed by atoms with Crippen LogP contribution < -0.4 is 10.6 Å². The number of benzene rings is 1. The number of hydrogen-bond donors (Lipinski definition) is 2. The molecule has 0 bridgehead atoms. The molecule has 0 radical (unpaired) electrons. The molecule has 1 heterocycles. The van der Waals surface area contributed by atoms with E-state index >= 15 is 0 Å². The number of anilines is 1. The van der Waals surface area contributed by atoms with E-state index in [0.29, 0.717) is 12.7 Å². The molecule has 5 nitrogen and oxygen atoms in total. The quantitative estimate of drug-likeness (QED) is 0.888. The molecule has 1 aliphatic heterocycles. The summed E-state index contributed by atoms with van der Waals surface area (Å²) in [6, 6.07) is 2.64. The van der Waals surface area contributed by atoms with Crippen LogP contribution in [0.25, 0.3) is 0 Å². The van der Waals surface area contributed by atoms with Gasteiger partial charge < -0.3 is 15.4 Å². The maximum Gasteiger partial charge on any atom is 0.319 e. The standard InChI is InChI=1S/C17H19F2N3O2/c18-12-9-13(19)14(8-11(12)10-20)21-16(23)22-17(5-3-6-17)15-4-1-2-7-24-15/h8-9,15H,1-7H2,(H2,21,22,23). The summed E-state index contributed by atoms with van der Waals surface area (Å²) in [5.74, 6) is -1.87. The first-order valence-corrected chi connectivity index (χ1v) is 8.14. The van der Waals surface area contributed by atoms with E-state index in [9.17, 15) is 13.6 Å². The molecule has 2 N–H and O–H groups in total. The van der Waals surface area contributed by atoms with E-state index in [1.54, 1.807) is 6.07 Å². The second-order valence-corrected chi connectivity index (χ2v) is 6.37. The Hall–Kier alpha value is -2.20. The van der Waals surface area contributed by atoms with E-state index in [1.807, 2.05) is 0 Å². The van der Waals surface area contributed by atoms with E-state index in [4.69, 9.17) is 10.00 Å². The van der Waals surface area contributed by atoms with Crippen molar-refractivity contribution in [3.05, 3.63) is 29.3 Å². The largest absolute Gasteiger partial charge is 0.376 e. The van der Waals surface area contributed by atoms with Gasteiger partial charge in [0.15, 0.2) is 0 Å². The normalized spacial score (nSPS) is 22.1. The van der Waals surface area contributed by atoms with Gasteiger partial charge in [-0.3, -0.25) is 0 Å². The van der Waals surface area contributed by atoms with Gasteiger partial charge in [-0.05, 0) is 44.6 Å². The highest BCUT2D eigenvalue weighted by Gasteiger charge is 2.46. The van der Waals surface area contributed by atoms with E-state index in [1.165, 1.54) is 0 Å². The fraction of sp³-hybridized carbons (Fsp3) is 0.529. The van der Waals surface area contributed by atoms with Crippen LogP contribution in [0, 0.1) is 23.0 Å². The summed E-state index contributed by atoms with van der Waals surface area (Å²) in [4.78, 5) is 12.3. The summed E-state index contributed by atoms with van der Waals surface area (Å²) in [5, 5.41) is 14.1. The SMILES string of the molecule is N#Cc1cc(NC(=O)NC2(C3CCCCO3)CCC2)c(F)cc1F. The fourth-order valence-corrected chi connectivity index (χ4v) is 3.37. The number of carbonyl (C=O) groups is 1. The molecule has 24 heavy (non-hydrogen) atoms. The Morgan fingerprint density at radius 2 is 2.04 bits per heavy atom. The lowest BCUT2D eigenvalue weighted by Gasteiger charge is -2.49. The van der Waals surface area contributed by atoms with Crippen molar-refractivity contribution >= 4 is 11.7 Å². The predicted octanol–water partition coefficient (Wildman–Crippen LogP) is 3.45. The van der Waals surface area contributed by atoms with Crippen molar-refractivity contribution in [1.82, 2.24) is 5.32 Å². The zero-order valence-electron chi connectivity index (χ0n) is 13.2. The van der Waals surface area contributed by atoms with E-state index < -0.39 is 23.2 Å². The highest BCUT2D eigenvalue weighted by Crippen LogP contribution is 2.39. The topological polar surface area (TPSA) is 74.2 Å². The van der Waals surface area contributed by atoms with E-state index in [0.717, 1.165) is 44.6 Å². The minimum Gasteiger partial charge on any atom is -0.376 e. The van der Waals surface area contributed by atoms with Crippen LogP contribution in [-0.4, -0.2) is 24.3 Å². The number of nitrogens with zero attached hydrogens (tertiary/aromatic N) is 1. The van der Waals surface area contributed by atoms with Crippen molar-refractivity contribution in [2.24, 2.45) is 0 Å². The number of nitriles is 1. The molecule has 3 rings (SSSR count). The van der Waals surface area contributed by atoms with Crippen molar-refractivity contribution in [3.8, 4) is 6.07 Å². The summed E-state index contributed by atoms with van der Waals surface area (Å²) in [6.07, 6.45) is 5.59. The number of halogens is 2. The van der Waals surface area contributed by atoms with Crippen LogP contribution in [0.3, 0.4) is 0 Å². The smallest absolute Gasteiger partial charge is 0.319 e. The minimum atomic E-state index is -0.952. The van der Waals surface area contributed by atoms with E-state index in [-0.39, 0.29) is 17.4 Å². The van der Waals surface area contributed by atoms with Crippen LogP contribution in [0.5, 0.6) is 0 Å². The Balaban J connectivity index is 1.70. The van der Waals surface area contributed by atoms with Gasteiger partial charge in [0.1, 0.15) is 17.7 Å². The molecule has 1 aromatic rings. The first-order chi connectivity index (χ1) is 11.5. The van der Waals surface area contributed by atoms with Crippen molar-refractivity contribution in [2.45, 2.75) is 50.2 Å². The number of carbonyl (C=O) groups excluding carboxylic acids is 1. The van der Waals surface area contributed by atoms with Crippen LogP contribution in [0.4, 0.5) is 19.3 Å². The number of rotatable bonds is 3. The zero-order chi connectivity index (χ0) is 17.2. The molecule has 7 heteroatoms. The maximum atomic E-state index is 13.8. The van der Waals surface area contributed by atoms with Crippen LogP contribution in [0.2, 0.25) is 0 Å². The van der Waals surface area contributed by atoms with Gasteiger partial charge in [-0.25, -0.2) is 13.6 Å². The first-order valence-electron chi connectivity index (χ1n) is 8.14. The van der Waals surface area contributed by atoms with Crippen molar-refractivity contribution < 1.29 is 18.3 Å². The Morgan fingerprint density at radius 3 is 2.62 bits per heavy atom. The summed E-state index contributed by atoms with van der Waals surface area (Å²) < 4.78 is 32.9. The van der Waals surface area contributed by atoms with Gasteiger partial charge in [0.05, 0.1) is 22.9 Å². The fourth-order valence-electron chi connectivity index (χ4n) is 3.37. The summed E-state index contributed by atoms with van der Waals surface area (Å²) in [6.45, 7) is 0.688. The maximum absolute atomic E-state index is 13.8. The van der Waals surface area contributed by atoms with Gasteiger partial charge in [-0.1, -0.05) is 0 Å². The third-order valence-corrected chi connectivity index (χ3v) is 4.83. The molecule has 2 fully saturated rings. The van der Waals surface area contributed by atoms with Gasteiger partial charge in [0.25, 0.3) is 0 Å². The number of urea groups is 1. The van der Waals surface area contributed by atoms with Crippen LogP contribution in [0.15, 0.2) is 12.1 Å². The van der Waals surface area contributed by atoms with Gasteiger partial charge in [0, 0.05) is 12.7 Å². The lowest BCUT2D eigenvalue weighted by molar-refractivity contribution is -0.0677. The lowest BCUT2D eigenvalue weighted by atomic mass is 9.71. The second kappa shape index (κ2) is 6.73. The number of nitrogens with one attached hydrogen (secondary N) is 2. The second-order valence-electron chi connectivity index (χ2n) is 6.37. The number of hydrogen-bond acceptors (Lipinski definition) is 3. The van der Waals surface area contributed by atoms with Crippen molar-refractivity contribution in [2.75, 3.05) is 11.9 Å². The molecular weight excluding hydrogens is 316 g/mol. The Kier molecular flexibility index (Phi) is 4.67. The van der Waals surface area contributed by atoms with Gasteiger partial charge in [0.2, 0.25) is 0 Å². The Bertz CT molecular complexity index is 677. The zero-order valence-corrected chi connectivity index (χ0v) is 13.2. The Morgan fingerprint density at radius 1 is 1.25 bits per heavy atom. The molecule has 1 aliphatic carbocycles. The van der Waals surface area contributed by atoms with Crippen molar-refractivity contribution in [3.63, 3.8) is 0 Å². The molecule has 0 aromatic heterocycles. The van der Waals surface area contributed by atoms with Crippen molar-refractivity contribution in [1.29, 1.82) is 5.26 Å². The Labute approximate surface area is 139 Å². The molecule has 0 spiro atoms. The predicted molar refractivity (Wildman–Crippen MR) is 83.4 cm³/mol. The van der Waals surface area contributed by atoms with E-state index in [2.05, 4.69) is 10.6 Å². The average Bonchev–Trinajstić information content (AvgIpc) is 2.54. The summed E-state index contributed by atoms with van der Waals surface area (Å²) in [5.41, 5.74) is -0.954. The van der Waals surface area contributed by atoms with Gasteiger partial charge in [-0.15, -0.1) is 0 Å². The molecule has 2 aliphatic rings. The monoisotopic (exact) mass is 335 g/mol. The van der Waals surface area contributed by atoms with Gasteiger partial charge in [-0.2, -0.15) is 5.26 Å². The highest BCUT2D eigenvalue weighted by atomic mass is 19.1. The van der Waals surface area contributed by atoms with Crippen LogP contribution in [-0.2, 0) is 4.74 Å². The average molecular weight is 335 g/mol. The van der Waals surface area contributed by atoms with Crippen LogP contribution >= 0.6 is 0 Å². The molecule has 1 saturated carbocycles. The molecular formula is C17H19F2N3O2.